The number of oxazole rings is 2. The number of nitrogens with zero attached hydrogens (tertiary/aromatic N) is 7. The first-order valence-corrected chi connectivity index (χ1v) is 17.9. The van der Waals surface area contributed by atoms with E-state index in [4.69, 9.17) is 25.0 Å². The number of benzene rings is 2. The summed E-state index contributed by atoms with van der Waals surface area (Å²) in [6.45, 7) is 10.1. The largest absolute Gasteiger partial charge is 0.444 e. The number of nitrogens with one attached hydrogen (secondary N) is 1. The number of pyridine rings is 2. The van der Waals surface area contributed by atoms with Gasteiger partial charge in [-0.1, -0.05) is 0 Å². The second-order valence-corrected chi connectivity index (χ2v) is 14.2. The van der Waals surface area contributed by atoms with Crippen LogP contribution in [0.1, 0.15) is 41.5 Å². The van der Waals surface area contributed by atoms with Crippen LogP contribution in [0.5, 0.6) is 0 Å². The van der Waals surface area contributed by atoms with Crippen molar-refractivity contribution >= 4 is 51.7 Å². The first kappa shape index (κ1) is 36.8. The fourth-order valence-electron chi connectivity index (χ4n) is 6.23. The lowest BCUT2D eigenvalue weighted by Crippen LogP contribution is -2.51. The lowest BCUT2D eigenvalue weighted by atomic mass is 10.1. The van der Waals surface area contributed by atoms with Gasteiger partial charge in [-0.25, -0.2) is 14.8 Å². The maximum Gasteiger partial charge on any atom is 0.410 e. The Kier molecular flexibility index (Phi) is 10.3. The number of carbonyl (C=O) groups excluding carboxylic acids is 3. The number of amides is 3. The minimum absolute atomic E-state index is 0.0284. The predicted octanol–water partition coefficient (Wildman–Crippen LogP) is 4.68. The van der Waals surface area contributed by atoms with E-state index in [1.54, 1.807) is 82.9 Å². The Morgan fingerprint density at radius 1 is 0.673 bits per heavy atom. The molecule has 5 N–H and O–H groups in total. The number of fused-ring (bicyclic) bond motifs is 2. The Hall–Kier alpha value is -6.55. The minimum Gasteiger partial charge on any atom is -0.444 e. The maximum atomic E-state index is 13.1. The van der Waals surface area contributed by atoms with Gasteiger partial charge < -0.3 is 45.1 Å². The van der Waals surface area contributed by atoms with Gasteiger partial charge in [0.2, 0.25) is 11.8 Å². The van der Waals surface area contributed by atoms with E-state index in [0.717, 1.165) is 13.1 Å². The smallest absolute Gasteiger partial charge is 0.410 e. The Morgan fingerprint density at radius 2 is 1.13 bits per heavy atom. The van der Waals surface area contributed by atoms with E-state index >= 15 is 0 Å². The van der Waals surface area contributed by atoms with E-state index in [1.807, 2.05) is 25.7 Å². The van der Waals surface area contributed by atoms with E-state index in [1.165, 1.54) is 0 Å². The standard InChI is InChI=1S/C22H25N5O4.C17H17N5O2/c1-22(2,3)31-21(29)27-9-7-26(8-10-27)20(28)15-11-14(12-16(23)13-15)19-25-18-17(30-19)5-4-6-24-18;18-13-9-11(16-21-15-14(24-16)2-1-3-20-15)8-12(10-13)17(23)22-6-4-19-5-7-22/h4-6,11-13H,7-10,23H2,1-3H3;1-3,8-10,19H,4-7,18H2. The quantitative estimate of drug-likeness (QED) is 0.209. The average Bonchev–Trinajstić information content (AvgIpc) is 3.82. The molecule has 0 aliphatic carbocycles. The van der Waals surface area contributed by atoms with Gasteiger partial charge in [-0.05, 0) is 81.4 Å². The summed E-state index contributed by atoms with van der Waals surface area (Å²) in [7, 11) is 0. The van der Waals surface area contributed by atoms with Crippen LogP contribution in [0, 0.1) is 0 Å². The molecule has 2 saturated heterocycles. The van der Waals surface area contributed by atoms with Crippen molar-refractivity contribution < 1.29 is 28.0 Å². The summed E-state index contributed by atoms with van der Waals surface area (Å²) in [6, 6.07) is 17.4. The van der Waals surface area contributed by atoms with Crippen molar-refractivity contribution in [2.75, 3.05) is 63.8 Å². The number of piperazine rings is 2. The predicted molar refractivity (Wildman–Crippen MR) is 206 cm³/mol. The van der Waals surface area contributed by atoms with Crippen LogP contribution >= 0.6 is 0 Å². The van der Waals surface area contributed by atoms with Gasteiger partial charge in [0.05, 0.1) is 0 Å². The molecule has 0 spiro atoms. The van der Waals surface area contributed by atoms with E-state index in [0.29, 0.717) is 107 Å². The molecule has 2 aliphatic rings. The molecule has 2 fully saturated rings. The number of nitrogens with two attached hydrogens (primary N) is 2. The topological polar surface area (TPSA) is 212 Å². The number of anilines is 2. The van der Waals surface area contributed by atoms with E-state index in [2.05, 4.69) is 25.3 Å². The van der Waals surface area contributed by atoms with Crippen molar-refractivity contribution in [3.8, 4) is 22.9 Å². The molecule has 55 heavy (non-hydrogen) atoms. The first-order chi connectivity index (χ1) is 26.4. The molecule has 8 rings (SSSR count). The van der Waals surface area contributed by atoms with Crippen molar-refractivity contribution in [2.24, 2.45) is 0 Å². The fraction of sp³-hybridized carbons (Fsp3) is 0.308. The van der Waals surface area contributed by atoms with Crippen LogP contribution in [0.3, 0.4) is 0 Å². The number of nitrogen functional groups attached to an aromatic ring is 2. The van der Waals surface area contributed by atoms with E-state index in [9.17, 15) is 14.4 Å². The minimum atomic E-state index is -0.553. The molecule has 2 aromatic carbocycles. The number of hydrogen-bond acceptors (Lipinski definition) is 13. The molecule has 16 heteroatoms. The molecule has 2 aliphatic heterocycles. The molecule has 0 atom stereocenters. The maximum absolute atomic E-state index is 13.1. The van der Waals surface area contributed by atoms with Crippen LogP contribution in [0.2, 0.25) is 0 Å². The molecule has 0 bridgehead atoms. The van der Waals surface area contributed by atoms with Crippen LogP contribution < -0.4 is 16.8 Å². The monoisotopic (exact) mass is 746 g/mol. The third-order valence-corrected chi connectivity index (χ3v) is 8.85. The Labute approximate surface area is 316 Å². The van der Waals surface area contributed by atoms with Crippen molar-refractivity contribution in [3.05, 3.63) is 84.2 Å². The third kappa shape index (κ3) is 8.65. The third-order valence-electron chi connectivity index (χ3n) is 8.85. The van der Waals surface area contributed by atoms with Crippen LogP contribution in [-0.2, 0) is 4.74 Å². The highest BCUT2D eigenvalue weighted by Gasteiger charge is 2.29. The van der Waals surface area contributed by atoms with E-state index < -0.39 is 5.60 Å². The molecule has 3 amide bonds. The molecule has 6 heterocycles. The number of carbonyl (C=O) groups is 3. The van der Waals surface area contributed by atoms with Crippen molar-refractivity contribution in [3.63, 3.8) is 0 Å². The highest BCUT2D eigenvalue weighted by atomic mass is 16.6. The van der Waals surface area contributed by atoms with Gasteiger partial charge in [0.15, 0.2) is 22.5 Å². The van der Waals surface area contributed by atoms with Gasteiger partial charge in [0.25, 0.3) is 11.8 Å². The summed E-state index contributed by atoms with van der Waals surface area (Å²) in [5, 5.41) is 3.23. The Morgan fingerprint density at radius 3 is 1.58 bits per heavy atom. The van der Waals surface area contributed by atoms with Crippen LogP contribution in [-0.4, -0.2) is 111 Å². The molecular formula is C39H42N10O6. The molecule has 0 unspecified atom stereocenters. The lowest BCUT2D eigenvalue weighted by Gasteiger charge is -2.35. The summed E-state index contributed by atoms with van der Waals surface area (Å²) in [5.74, 6) is 0.570. The second-order valence-electron chi connectivity index (χ2n) is 14.2. The number of ether oxygens (including phenoxy) is 1. The summed E-state index contributed by atoms with van der Waals surface area (Å²) in [5.41, 5.74) is 16.9. The summed E-state index contributed by atoms with van der Waals surface area (Å²) < 4.78 is 16.9. The molecule has 16 nitrogen and oxygen atoms in total. The van der Waals surface area contributed by atoms with E-state index in [-0.39, 0.29) is 17.9 Å². The van der Waals surface area contributed by atoms with Gasteiger partial charge in [-0.2, -0.15) is 9.97 Å². The van der Waals surface area contributed by atoms with Crippen LogP contribution in [0.25, 0.3) is 45.4 Å². The SMILES string of the molecule is CC(C)(C)OC(=O)N1CCN(C(=O)c2cc(N)cc(-c3nc4ncccc4o3)c2)CC1.Nc1cc(C(=O)N2CCNCC2)cc(-c2nc3ncccc3o2)c1. The fourth-order valence-corrected chi connectivity index (χ4v) is 6.23. The number of rotatable bonds is 4. The average molecular weight is 747 g/mol. The van der Waals surface area contributed by atoms with Gasteiger partial charge >= 0.3 is 6.09 Å². The second kappa shape index (κ2) is 15.4. The van der Waals surface area contributed by atoms with Gasteiger partial charge in [-0.3, -0.25) is 9.59 Å². The first-order valence-electron chi connectivity index (χ1n) is 17.9. The van der Waals surface area contributed by atoms with Crippen molar-refractivity contribution in [2.45, 2.75) is 26.4 Å². The molecule has 6 aromatic rings. The summed E-state index contributed by atoms with van der Waals surface area (Å²) >= 11 is 0. The summed E-state index contributed by atoms with van der Waals surface area (Å²) in [4.78, 5) is 60.2. The Balaban J connectivity index is 0.000000174. The highest BCUT2D eigenvalue weighted by molar-refractivity contribution is 5.97. The van der Waals surface area contributed by atoms with Crippen LogP contribution in [0.15, 0.2) is 81.9 Å². The number of hydrogen-bond donors (Lipinski definition) is 3. The van der Waals surface area contributed by atoms with Crippen LogP contribution in [0.4, 0.5) is 16.2 Å². The van der Waals surface area contributed by atoms with Crippen molar-refractivity contribution in [1.82, 2.24) is 40.0 Å². The zero-order valence-electron chi connectivity index (χ0n) is 30.8. The molecular weight excluding hydrogens is 704 g/mol. The van der Waals surface area contributed by atoms with Crippen molar-refractivity contribution in [1.29, 1.82) is 0 Å². The number of aromatic nitrogens is 4. The Bertz CT molecular complexity index is 2290. The molecule has 0 saturated carbocycles. The molecule has 4 aromatic heterocycles. The molecule has 284 valence electrons. The van der Waals surface area contributed by atoms with Gasteiger partial charge in [0.1, 0.15) is 5.60 Å². The zero-order valence-corrected chi connectivity index (χ0v) is 30.8. The highest BCUT2D eigenvalue weighted by Crippen LogP contribution is 2.28. The zero-order chi connectivity index (χ0) is 38.7. The lowest BCUT2D eigenvalue weighted by molar-refractivity contribution is 0.0141. The summed E-state index contributed by atoms with van der Waals surface area (Å²) in [6.07, 6.45) is 2.93. The normalized spacial score (nSPS) is 14.8. The van der Waals surface area contributed by atoms with Gasteiger partial charge in [-0.15, -0.1) is 0 Å². The molecule has 0 radical (unpaired) electrons. The van der Waals surface area contributed by atoms with Gasteiger partial charge in [0, 0.05) is 98.4 Å².